The Hall–Kier alpha value is -1.58. The lowest BCUT2D eigenvalue weighted by Crippen LogP contribution is -2.37. The van der Waals surface area contributed by atoms with Gasteiger partial charge in [-0.3, -0.25) is 4.98 Å². The fraction of sp³-hybridized carbons (Fsp3) is 0.389. The Morgan fingerprint density at radius 3 is 2.27 bits per heavy atom. The van der Waals surface area contributed by atoms with E-state index in [1.54, 1.807) is 7.11 Å². The number of nitrogens with zero attached hydrogens (tertiary/aromatic N) is 1. The zero-order chi connectivity index (χ0) is 14.9. The van der Waals surface area contributed by atoms with E-state index in [1.165, 1.54) is 11.1 Å². The van der Waals surface area contributed by atoms with Crippen molar-refractivity contribution in [3.63, 3.8) is 0 Å². The van der Waals surface area contributed by atoms with Gasteiger partial charge in [0.15, 0.2) is 0 Å². The van der Waals surface area contributed by atoms with Gasteiger partial charge in [-0.2, -0.15) is 0 Å². The van der Waals surface area contributed by atoms with Crippen LogP contribution < -0.4 is 10.1 Å². The molecule has 0 amide bonds. The predicted octanol–water partition coefficient (Wildman–Crippen LogP) is 4.11. The van der Waals surface area contributed by atoms with Crippen molar-refractivity contribution < 1.29 is 4.74 Å². The van der Waals surface area contributed by atoms with Gasteiger partial charge in [0.1, 0.15) is 5.75 Å². The molecule has 0 aliphatic carbocycles. The second kappa shape index (κ2) is 6.67. The van der Waals surface area contributed by atoms with Crippen LogP contribution in [0, 0.1) is 0 Å². The standard InChI is InChI=1S/C18H22N2O.ClH/c1-18(2)16(13-8-10-19-11-9-13)12-17(20-18)14-4-6-15(21-3)7-5-14;/h4-11,16-17,20H,12H2,1-3H3;1H/t16-,17+;/m1./s1. The summed E-state index contributed by atoms with van der Waals surface area (Å²) in [6.07, 6.45) is 4.86. The van der Waals surface area contributed by atoms with Crippen LogP contribution in [0.5, 0.6) is 5.75 Å². The molecule has 0 radical (unpaired) electrons. The minimum atomic E-state index is 0. The number of rotatable bonds is 3. The van der Waals surface area contributed by atoms with Crippen LogP contribution in [0.3, 0.4) is 0 Å². The van der Waals surface area contributed by atoms with Crippen LogP contribution in [0.4, 0.5) is 0 Å². The molecule has 1 aliphatic rings. The molecule has 0 saturated carbocycles. The molecule has 1 aromatic heterocycles. The molecule has 0 unspecified atom stereocenters. The number of halogens is 1. The SMILES string of the molecule is COc1ccc([C@@H]2C[C@H](c3ccncc3)C(C)(C)N2)cc1.Cl. The number of aromatic nitrogens is 1. The quantitative estimate of drug-likeness (QED) is 0.924. The van der Waals surface area contributed by atoms with E-state index in [2.05, 4.69) is 48.4 Å². The highest BCUT2D eigenvalue weighted by Gasteiger charge is 2.40. The molecule has 0 bridgehead atoms. The zero-order valence-corrected chi connectivity index (χ0v) is 14.1. The van der Waals surface area contributed by atoms with Crippen molar-refractivity contribution in [2.45, 2.75) is 37.8 Å². The normalized spacial score (nSPS) is 22.9. The zero-order valence-electron chi connectivity index (χ0n) is 13.2. The van der Waals surface area contributed by atoms with E-state index < -0.39 is 0 Å². The summed E-state index contributed by atoms with van der Waals surface area (Å²) < 4.78 is 5.24. The number of benzene rings is 1. The number of nitrogens with one attached hydrogen (secondary N) is 1. The van der Waals surface area contributed by atoms with Gasteiger partial charge in [-0.25, -0.2) is 0 Å². The molecule has 22 heavy (non-hydrogen) atoms. The first-order valence-electron chi connectivity index (χ1n) is 7.42. The van der Waals surface area contributed by atoms with Gasteiger partial charge < -0.3 is 10.1 Å². The number of hydrogen-bond acceptors (Lipinski definition) is 3. The third-order valence-electron chi connectivity index (χ3n) is 4.52. The molecular formula is C18H23ClN2O. The molecule has 1 N–H and O–H groups in total. The molecular weight excluding hydrogens is 296 g/mol. The minimum absolute atomic E-state index is 0. The third kappa shape index (κ3) is 3.26. The Kier molecular flexibility index (Phi) is 5.09. The van der Waals surface area contributed by atoms with Crippen molar-refractivity contribution in [1.82, 2.24) is 10.3 Å². The molecule has 0 spiro atoms. The summed E-state index contributed by atoms with van der Waals surface area (Å²) in [5.74, 6) is 1.40. The van der Waals surface area contributed by atoms with Crippen molar-refractivity contribution in [2.75, 3.05) is 7.11 Å². The average Bonchev–Trinajstić information content (AvgIpc) is 2.84. The van der Waals surface area contributed by atoms with Gasteiger partial charge >= 0.3 is 0 Å². The molecule has 118 valence electrons. The highest BCUT2D eigenvalue weighted by atomic mass is 35.5. The van der Waals surface area contributed by atoms with Gasteiger partial charge in [-0.1, -0.05) is 12.1 Å². The first-order valence-corrected chi connectivity index (χ1v) is 7.42. The van der Waals surface area contributed by atoms with E-state index in [0.717, 1.165) is 12.2 Å². The summed E-state index contributed by atoms with van der Waals surface area (Å²) in [5, 5.41) is 3.77. The third-order valence-corrected chi connectivity index (χ3v) is 4.52. The van der Waals surface area contributed by atoms with Crippen LogP contribution in [-0.2, 0) is 0 Å². The Morgan fingerprint density at radius 2 is 1.68 bits per heavy atom. The summed E-state index contributed by atoms with van der Waals surface area (Å²) in [4.78, 5) is 4.13. The van der Waals surface area contributed by atoms with Crippen LogP contribution in [0.2, 0.25) is 0 Å². The van der Waals surface area contributed by atoms with E-state index in [0.29, 0.717) is 12.0 Å². The van der Waals surface area contributed by atoms with Crippen molar-refractivity contribution in [3.8, 4) is 5.75 Å². The van der Waals surface area contributed by atoms with Crippen molar-refractivity contribution in [3.05, 3.63) is 59.9 Å². The van der Waals surface area contributed by atoms with Gasteiger partial charge in [0, 0.05) is 29.9 Å². The predicted molar refractivity (Wildman–Crippen MR) is 91.8 cm³/mol. The van der Waals surface area contributed by atoms with E-state index in [9.17, 15) is 0 Å². The summed E-state index contributed by atoms with van der Waals surface area (Å²) in [7, 11) is 1.70. The Balaban J connectivity index is 0.00000176. The largest absolute Gasteiger partial charge is 0.497 e. The number of methoxy groups -OCH3 is 1. The topological polar surface area (TPSA) is 34.1 Å². The van der Waals surface area contributed by atoms with Crippen molar-refractivity contribution >= 4 is 12.4 Å². The molecule has 2 atom stereocenters. The number of hydrogen-bond donors (Lipinski definition) is 1. The molecule has 3 rings (SSSR count). The van der Waals surface area contributed by atoms with Gasteiger partial charge in [0.25, 0.3) is 0 Å². The van der Waals surface area contributed by atoms with Crippen molar-refractivity contribution in [1.29, 1.82) is 0 Å². The van der Waals surface area contributed by atoms with E-state index in [1.807, 2.05) is 24.5 Å². The summed E-state index contributed by atoms with van der Waals surface area (Å²) in [6, 6.07) is 13.0. The van der Waals surface area contributed by atoms with Crippen LogP contribution in [0.1, 0.15) is 43.4 Å². The fourth-order valence-electron chi connectivity index (χ4n) is 3.34. The van der Waals surface area contributed by atoms with Gasteiger partial charge in [-0.05, 0) is 55.7 Å². The lowest BCUT2D eigenvalue weighted by molar-refractivity contribution is 0.397. The maximum Gasteiger partial charge on any atom is 0.118 e. The maximum atomic E-state index is 5.24. The first kappa shape index (κ1) is 16.8. The highest BCUT2D eigenvalue weighted by Crippen LogP contribution is 2.43. The average molecular weight is 319 g/mol. The van der Waals surface area contributed by atoms with Crippen LogP contribution in [0.15, 0.2) is 48.8 Å². The molecule has 2 heterocycles. The molecule has 3 nitrogen and oxygen atoms in total. The lowest BCUT2D eigenvalue weighted by Gasteiger charge is -2.27. The van der Waals surface area contributed by atoms with Gasteiger partial charge in [0.05, 0.1) is 7.11 Å². The molecule has 1 fully saturated rings. The lowest BCUT2D eigenvalue weighted by atomic mass is 9.83. The Morgan fingerprint density at radius 1 is 1.05 bits per heavy atom. The van der Waals surface area contributed by atoms with E-state index in [4.69, 9.17) is 4.74 Å². The highest BCUT2D eigenvalue weighted by molar-refractivity contribution is 5.85. The molecule has 1 saturated heterocycles. The monoisotopic (exact) mass is 318 g/mol. The molecule has 4 heteroatoms. The summed E-state index contributed by atoms with van der Waals surface area (Å²) in [5.41, 5.74) is 2.75. The van der Waals surface area contributed by atoms with Gasteiger partial charge in [-0.15, -0.1) is 12.4 Å². The van der Waals surface area contributed by atoms with Gasteiger partial charge in [0.2, 0.25) is 0 Å². The first-order chi connectivity index (χ1) is 10.1. The van der Waals surface area contributed by atoms with Crippen molar-refractivity contribution in [2.24, 2.45) is 0 Å². The smallest absolute Gasteiger partial charge is 0.118 e. The van der Waals surface area contributed by atoms with E-state index >= 15 is 0 Å². The molecule has 1 aliphatic heterocycles. The molecule has 1 aromatic carbocycles. The fourth-order valence-corrected chi connectivity index (χ4v) is 3.34. The number of ether oxygens (including phenoxy) is 1. The Bertz CT molecular complexity index is 598. The maximum absolute atomic E-state index is 5.24. The van der Waals surface area contributed by atoms with Crippen LogP contribution in [-0.4, -0.2) is 17.6 Å². The Labute approximate surface area is 138 Å². The van der Waals surface area contributed by atoms with Crippen LogP contribution in [0.25, 0.3) is 0 Å². The number of pyridine rings is 1. The van der Waals surface area contributed by atoms with Crippen LogP contribution >= 0.6 is 12.4 Å². The summed E-state index contributed by atoms with van der Waals surface area (Å²) >= 11 is 0. The summed E-state index contributed by atoms with van der Waals surface area (Å²) in [6.45, 7) is 4.56. The minimum Gasteiger partial charge on any atom is -0.497 e. The second-order valence-corrected chi connectivity index (χ2v) is 6.26. The molecule has 2 aromatic rings. The van der Waals surface area contributed by atoms with E-state index in [-0.39, 0.29) is 17.9 Å². The second-order valence-electron chi connectivity index (χ2n) is 6.26.